The van der Waals surface area contributed by atoms with Crippen LogP contribution >= 0.6 is 0 Å². The van der Waals surface area contributed by atoms with Crippen LogP contribution in [0.25, 0.3) is 0 Å². The molecule has 0 saturated heterocycles. The van der Waals surface area contributed by atoms with Crippen LogP contribution in [0.5, 0.6) is 0 Å². The van der Waals surface area contributed by atoms with Crippen LogP contribution in [0.4, 0.5) is 5.88 Å². The summed E-state index contributed by atoms with van der Waals surface area (Å²) in [6.07, 6.45) is 0. The van der Waals surface area contributed by atoms with Gasteiger partial charge in [-0.15, -0.1) is 0 Å². The Bertz CT molecular complexity index is 584. The van der Waals surface area contributed by atoms with Crippen molar-refractivity contribution in [3.05, 3.63) is 11.8 Å². The summed E-state index contributed by atoms with van der Waals surface area (Å²) < 4.78 is 31.3. The number of anilines is 1. The highest BCUT2D eigenvalue weighted by molar-refractivity contribution is 7.94. The average Bonchev–Trinajstić information content (AvgIpc) is 2.74. The second-order valence-corrected chi connectivity index (χ2v) is 7.85. The van der Waals surface area contributed by atoms with Crippen molar-refractivity contribution >= 4 is 21.8 Å². The van der Waals surface area contributed by atoms with Gasteiger partial charge in [0.1, 0.15) is 0 Å². The summed E-state index contributed by atoms with van der Waals surface area (Å²) in [6.45, 7) is 7.12. The molecule has 0 saturated carbocycles. The first kappa shape index (κ1) is 16.5. The van der Waals surface area contributed by atoms with Gasteiger partial charge in [0.05, 0.1) is 5.69 Å². The Kier molecular flexibility index (Phi) is 4.48. The minimum absolute atomic E-state index is 0.00771. The lowest BCUT2D eigenvalue weighted by Crippen LogP contribution is -2.39. The number of hydrogen-bond acceptors (Lipinski definition) is 5. The van der Waals surface area contributed by atoms with Crippen LogP contribution in [0.1, 0.15) is 33.4 Å². The summed E-state index contributed by atoms with van der Waals surface area (Å²) in [5, 5.41) is 2.61. The molecule has 1 aromatic heterocycles. The third-order valence-corrected chi connectivity index (χ3v) is 4.39. The Morgan fingerprint density at radius 3 is 2.35 bits per heavy atom. The first-order chi connectivity index (χ1) is 8.95. The van der Waals surface area contributed by atoms with Gasteiger partial charge in [-0.2, -0.15) is 0 Å². The molecule has 0 aliphatic heterocycles. The quantitative estimate of drug-likeness (QED) is 0.902. The molecule has 0 aromatic carbocycles. The molecule has 0 bridgehead atoms. The van der Waals surface area contributed by atoms with E-state index < -0.39 is 21.2 Å². The van der Waals surface area contributed by atoms with Crippen LogP contribution in [-0.4, -0.2) is 43.7 Å². The molecule has 1 heterocycles. The Hall–Kier alpha value is -1.57. The first-order valence-electron chi connectivity index (χ1n) is 6.15. The predicted molar refractivity (Wildman–Crippen MR) is 75.9 cm³/mol. The fourth-order valence-electron chi connectivity index (χ4n) is 1.40. The SMILES string of the molecule is C[C@H](C(=O)N(C)C)S(=O)(=O)Nc1cc(C(C)(C)C)no1. The lowest BCUT2D eigenvalue weighted by Gasteiger charge is -2.17. The van der Waals surface area contributed by atoms with Crippen LogP contribution < -0.4 is 4.72 Å². The van der Waals surface area contributed by atoms with Crippen molar-refractivity contribution in [2.75, 3.05) is 18.8 Å². The lowest BCUT2D eigenvalue weighted by atomic mass is 9.92. The van der Waals surface area contributed by atoms with Gasteiger partial charge in [-0.3, -0.25) is 9.52 Å². The molecule has 0 aliphatic rings. The summed E-state index contributed by atoms with van der Waals surface area (Å²) in [7, 11) is -0.864. The molecule has 20 heavy (non-hydrogen) atoms. The first-order valence-corrected chi connectivity index (χ1v) is 7.70. The van der Waals surface area contributed by atoms with Crippen LogP contribution in [0, 0.1) is 0 Å². The van der Waals surface area contributed by atoms with Crippen LogP contribution in [0.2, 0.25) is 0 Å². The summed E-state index contributed by atoms with van der Waals surface area (Å²) in [4.78, 5) is 12.9. The van der Waals surface area contributed by atoms with Gasteiger partial charge in [0.25, 0.3) is 0 Å². The molecule has 0 radical (unpaired) electrons. The molecule has 114 valence electrons. The minimum atomic E-state index is -3.86. The number of carbonyl (C=O) groups is 1. The molecule has 1 aromatic rings. The Balaban J connectivity index is 2.92. The van der Waals surface area contributed by atoms with Gasteiger partial charge in [0.15, 0.2) is 5.25 Å². The molecule has 0 fully saturated rings. The van der Waals surface area contributed by atoms with Gasteiger partial charge in [-0.05, 0) is 6.92 Å². The monoisotopic (exact) mass is 303 g/mol. The largest absolute Gasteiger partial charge is 0.348 e. The zero-order valence-electron chi connectivity index (χ0n) is 12.6. The third-order valence-electron chi connectivity index (χ3n) is 2.78. The molecule has 1 N–H and O–H groups in total. The van der Waals surface area contributed by atoms with E-state index in [0.29, 0.717) is 5.69 Å². The van der Waals surface area contributed by atoms with Crippen molar-refractivity contribution in [2.45, 2.75) is 38.4 Å². The van der Waals surface area contributed by atoms with Crippen molar-refractivity contribution in [1.82, 2.24) is 10.1 Å². The molecular formula is C12H21N3O4S. The second-order valence-electron chi connectivity index (χ2n) is 5.85. The molecule has 8 heteroatoms. The number of hydrogen-bond donors (Lipinski definition) is 1. The van der Waals surface area contributed by atoms with E-state index in [1.165, 1.54) is 32.0 Å². The average molecular weight is 303 g/mol. The van der Waals surface area contributed by atoms with E-state index >= 15 is 0 Å². The highest BCUT2D eigenvalue weighted by Gasteiger charge is 2.30. The molecule has 0 unspecified atom stereocenters. The summed E-state index contributed by atoms with van der Waals surface area (Å²) in [5.41, 5.74) is 0.375. The minimum Gasteiger partial charge on any atom is -0.348 e. The molecule has 1 amide bonds. The van der Waals surface area contributed by atoms with Gasteiger partial charge >= 0.3 is 0 Å². The summed E-state index contributed by atoms with van der Waals surface area (Å²) in [6, 6.07) is 1.52. The van der Waals surface area contributed by atoms with Crippen molar-refractivity contribution < 1.29 is 17.7 Å². The number of amides is 1. The van der Waals surface area contributed by atoms with Crippen molar-refractivity contribution in [1.29, 1.82) is 0 Å². The normalized spacial score (nSPS) is 13.9. The van der Waals surface area contributed by atoms with E-state index in [9.17, 15) is 13.2 Å². The maximum atomic E-state index is 12.1. The fraction of sp³-hybridized carbons (Fsp3) is 0.667. The lowest BCUT2D eigenvalue weighted by molar-refractivity contribution is -0.127. The Labute approximate surface area is 119 Å². The zero-order valence-corrected chi connectivity index (χ0v) is 13.4. The summed E-state index contributed by atoms with van der Waals surface area (Å²) >= 11 is 0. The molecule has 1 atom stereocenters. The third kappa shape index (κ3) is 3.72. The zero-order chi connectivity index (χ0) is 15.7. The van der Waals surface area contributed by atoms with Crippen molar-refractivity contribution in [3.63, 3.8) is 0 Å². The smallest absolute Gasteiger partial charge is 0.246 e. The van der Waals surface area contributed by atoms with E-state index in [1.54, 1.807) is 0 Å². The summed E-state index contributed by atoms with van der Waals surface area (Å²) in [5.74, 6) is -0.499. The molecular weight excluding hydrogens is 282 g/mol. The predicted octanol–water partition coefficient (Wildman–Crippen LogP) is 1.19. The van der Waals surface area contributed by atoms with Crippen molar-refractivity contribution in [2.24, 2.45) is 0 Å². The van der Waals surface area contributed by atoms with Crippen LogP contribution in [0.15, 0.2) is 10.6 Å². The second kappa shape index (κ2) is 5.43. The highest BCUT2D eigenvalue weighted by Crippen LogP contribution is 2.24. The molecule has 7 nitrogen and oxygen atoms in total. The van der Waals surface area contributed by atoms with Crippen molar-refractivity contribution in [3.8, 4) is 0 Å². The Morgan fingerprint density at radius 1 is 1.40 bits per heavy atom. The van der Waals surface area contributed by atoms with Gasteiger partial charge < -0.3 is 9.42 Å². The van der Waals surface area contributed by atoms with E-state index in [1.807, 2.05) is 20.8 Å². The maximum Gasteiger partial charge on any atom is 0.246 e. The number of nitrogens with zero attached hydrogens (tertiary/aromatic N) is 2. The van der Waals surface area contributed by atoms with Crippen LogP contribution in [0.3, 0.4) is 0 Å². The topological polar surface area (TPSA) is 92.5 Å². The van der Waals surface area contributed by atoms with E-state index in [4.69, 9.17) is 4.52 Å². The van der Waals surface area contributed by atoms with E-state index in [-0.39, 0.29) is 11.3 Å². The molecule has 1 rings (SSSR count). The number of aromatic nitrogens is 1. The number of sulfonamides is 1. The standard InChI is InChI=1S/C12H21N3O4S/c1-8(11(16)15(5)6)20(17,18)14-10-7-9(13-19-10)12(2,3)4/h7-8,14H,1-6H3/t8-/m1/s1. The van der Waals surface area contributed by atoms with Gasteiger partial charge in [-0.25, -0.2) is 8.42 Å². The Morgan fingerprint density at radius 2 is 1.95 bits per heavy atom. The van der Waals surface area contributed by atoms with Crippen LogP contribution in [-0.2, 0) is 20.2 Å². The number of nitrogens with one attached hydrogen (secondary N) is 1. The molecule has 0 spiro atoms. The van der Waals surface area contributed by atoms with Gasteiger partial charge in [-0.1, -0.05) is 25.9 Å². The highest BCUT2D eigenvalue weighted by atomic mass is 32.2. The number of carbonyl (C=O) groups excluding carboxylic acids is 1. The molecule has 0 aliphatic carbocycles. The van der Waals surface area contributed by atoms with E-state index in [2.05, 4.69) is 9.88 Å². The van der Waals surface area contributed by atoms with E-state index in [0.717, 1.165) is 0 Å². The van der Waals surface area contributed by atoms with Gasteiger partial charge in [0, 0.05) is 25.6 Å². The fourth-order valence-corrected chi connectivity index (χ4v) is 2.43. The number of rotatable bonds is 4. The van der Waals surface area contributed by atoms with Gasteiger partial charge in [0.2, 0.25) is 21.8 Å². The maximum absolute atomic E-state index is 12.1.